The van der Waals surface area contributed by atoms with Gasteiger partial charge in [0.2, 0.25) is 0 Å². The van der Waals surface area contributed by atoms with Crippen molar-refractivity contribution in [1.82, 2.24) is 0 Å². The first-order valence-corrected chi connectivity index (χ1v) is 4.76. The quantitative estimate of drug-likeness (QED) is 0.753. The Labute approximate surface area is 82.5 Å². The molecule has 3 heteroatoms. The third-order valence-corrected chi connectivity index (χ3v) is 2.87. The molecule has 2 nitrogen and oxygen atoms in total. The molecule has 14 heavy (non-hydrogen) atoms. The van der Waals surface area contributed by atoms with Gasteiger partial charge in [-0.25, -0.2) is 4.39 Å². The van der Waals surface area contributed by atoms with Crippen LogP contribution in [0.1, 0.15) is 30.1 Å². The summed E-state index contributed by atoms with van der Waals surface area (Å²) in [6.45, 7) is 1.68. The number of aliphatic hydroxyl groups excluding tert-OH is 1. The van der Waals surface area contributed by atoms with Gasteiger partial charge in [0.15, 0.2) is 0 Å². The third-order valence-electron chi connectivity index (χ3n) is 2.87. The van der Waals surface area contributed by atoms with E-state index in [-0.39, 0.29) is 5.82 Å². The van der Waals surface area contributed by atoms with Crippen LogP contribution in [-0.2, 0) is 0 Å². The first kappa shape index (κ1) is 9.62. The number of benzene rings is 1. The minimum absolute atomic E-state index is 0.247. The Hall–Kier alpha value is -0.930. The molecule has 1 aliphatic rings. The van der Waals surface area contributed by atoms with Crippen LogP contribution in [0.3, 0.4) is 0 Å². The first-order valence-electron chi connectivity index (χ1n) is 4.76. The zero-order valence-electron chi connectivity index (χ0n) is 8.13. The van der Waals surface area contributed by atoms with Gasteiger partial charge >= 0.3 is 0 Å². The average molecular weight is 195 g/mol. The van der Waals surface area contributed by atoms with Crippen molar-refractivity contribution in [2.24, 2.45) is 5.73 Å². The minimum atomic E-state index is -0.665. The van der Waals surface area contributed by atoms with Crippen LogP contribution in [0.15, 0.2) is 18.2 Å². The van der Waals surface area contributed by atoms with Crippen molar-refractivity contribution in [2.45, 2.75) is 31.4 Å². The molecule has 1 fully saturated rings. The molecular weight excluding hydrogens is 181 g/mol. The molecule has 1 aromatic rings. The number of hydrogen-bond acceptors (Lipinski definition) is 2. The van der Waals surface area contributed by atoms with Crippen molar-refractivity contribution in [1.29, 1.82) is 0 Å². The van der Waals surface area contributed by atoms with Crippen LogP contribution in [0.4, 0.5) is 4.39 Å². The van der Waals surface area contributed by atoms with Crippen LogP contribution < -0.4 is 5.73 Å². The number of rotatable bonds is 2. The third kappa shape index (κ3) is 1.53. The lowest BCUT2D eigenvalue weighted by atomic mass is 9.99. The predicted molar refractivity (Wildman–Crippen MR) is 52.2 cm³/mol. The highest BCUT2D eigenvalue weighted by molar-refractivity contribution is 5.29. The maximum Gasteiger partial charge on any atom is 0.126 e. The van der Waals surface area contributed by atoms with Gasteiger partial charge in [0.25, 0.3) is 0 Å². The molecule has 76 valence electrons. The largest absolute Gasteiger partial charge is 0.386 e. The molecule has 0 aliphatic heterocycles. The number of halogens is 1. The van der Waals surface area contributed by atoms with Gasteiger partial charge < -0.3 is 10.8 Å². The Morgan fingerprint density at radius 2 is 2.14 bits per heavy atom. The highest BCUT2D eigenvalue weighted by Crippen LogP contribution is 2.43. The van der Waals surface area contributed by atoms with Crippen molar-refractivity contribution in [3.05, 3.63) is 35.1 Å². The minimum Gasteiger partial charge on any atom is -0.386 e. The summed E-state index contributed by atoms with van der Waals surface area (Å²) in [4.78, 5) is 0. The van der Waals surface area contributed by atoms with E-state index in [0.29, 0.717) is 11.1 Å². The monoisotopic (exact) mass is 195 g/mol. The van der Waals surface area contributed by atoms with Gasteiger partial charge in [-0.1, -0.05) is 12.1 Å². The van der Waals surface area contributed by atoms with Gasteiger partial charge in [0.05, 0.1) is 6.10 Å². The highest BCUT2D eigenvalue weighted by Gasteiger charge is 2.45. The summed E-state index contributed by atoms with van der Waals surface area (Å²) in [7, 11) is 0. The fraction of sp³-hybridized carbons (Fsp3) is 0.455. The summed E-state index contributed by atoms with van der Waals surface area (Å²) in [5.74, 6) is -0.247. The van der Waals surface area contributed by atoms with Crippen molar-refractivity contribution in [2.75, 3.05) is 0 Å². The molecule has 3 N–H and O–H groups in total. The van der Waals surface area contributed by atoms with E-state index >= 15 is 0 Å². The van der Waals surface area contributed by atoms with Gasteiger partial charge in [-0.15, -0.1) is 0 Å². The zero-order chi connectivity index (χ0) is 10.3. The predicted octanol–water partition coefficient (Wildman–Crippen LogP) is 1.66. The van der Waals surface area contributed by atoms with Crippen LogP contribution in [0.2, 0.25) is 0 Å². The molecule has 0 radical (unpaired) electrons. The molecule has 1 aliphatic carbocycles. The van der Waals surface area contributed by atoms with E-state index in [4.69, 9.17) is 5.73 Å². The van der Waals surface area contributed by atoms with Crippen molar-refractivity contribution in [3.63, 3.8) is 0 Å². The second kappa shape index (κ2) is 3.04. The maximum absolute atomic E-state index is 13.0. The Bertz CT molecular complexity index is 360. The fourth-order valence-corrected chi connectivity index (χ4v) is 1.59. The first-order chi connectivity index (χ1) is 6.53. The summed E-state index contributed by atoms with van der Waals surface area (Å²) < 4.78 is 13.0. The van der Waals surface area contributed by atoms with Gasteiger partial charge in [0.1, 0.15) is 5.82 Å². The molecule has 1 saturated carbocycles. The van der Waals surface area contributed by atoms with E-state index in [2.05, 4.69) is 0 Å². The maximum atomic E-state index is 13.0. The van der Waals surface area contributed by atoms with Crippen LogP contribution >= 0.6 is 0 Å². The molecule has 2 rings (SSSR count). The van der Waals surface area contributed by atoms with E-state index < -0.39 is 11.6 Å². The molecule has 1 unspecified atom stereocenters. The molecule has 0 heterocycles. The number of nitrogens with two attached hydrogens (primary N) is 1. The van der Waals surface area contributed by atoms with Crippen LogP contribution in [0, 0.1) is 12.7 Å². The summed E-state index contributed by atoms with van der Waals surface area (Å²) in [5, 5.41) is 9.89. The van der Waals surface area contributed by atoms with E-state index in [1.54, 1.807) is 19.1 Å². The lowest BCUT2D eigenvalue weighted by molar-refractivity contribution is 0.136. The Morgan fingerprint density at radius 1 is 1.50 bits per heavy atom. The lowest BCUT2D eigenvalue weighted by Crippen LogP contribution is -2.30. The number of aliphatic hydroxyl groups is 1. The SMILES string of the molecule is Cc1cc(C(O)C2(N)CC2)ccc1F. The molecule has 0 bridgehead atoms. The Morgan fingerprint density at radius 3 is 2.64 bits per heavy atom. The smallest absolute Gasteiger partial charge is 0.126 e. The van der Waals surface area contributed by atoms with Crippen LogP contribution in [-0.4, -0.2) is 10.6 Å². The van der Waals surface area contributed by atoms with E-state index in [1.807, 2.05) is 0 Å². The van der Waals surface area contributed by atoms with E-state index in [0.717, 1.165) is 12.8 Å². The number of hydrogen-bond donors (Lipinski definition) is 2. The van der Waals surface area contributed by atoms with Crippen LogP contribution in [0.5, 0.6) is 0 Å². The van der Waals surface area contributed by atoms with Crippen molar-refractivity contribution in [3.8, 4) is 0 Å². The van der Waals surface area contributed by atoms with Crippen LogP contribution in [0.25, 0.3) is 0 Å². The highest BCUT2D eigenvalue weighted by atomic mass is 19.1. The molecule has 0 saturated heterocycles. The summed E-state index contributed by atoms with van der Waals surface area (Å²) in [6.07, 6.45) is 1.01. The van der Waals surface area contributed by atoms with Crippen molar-refractivity contribution >= 4 is 0 Å². The van der Waals surface area contributed by atoms with E-state index in [9.17, 15) is 9.50 Å². The molecule has 0 amide bonds. The molecule has 1 atom stereocenters. The number of aryl methyl sites for hydroxylation is 1. The fourth-order valence-electron chi connectivity index (χ4n) is 1.59. The molecule has 1 aromatic carbocycles. The average Bonchev–Trinajstić information content (AvgIpc) is 2.89. The topological polar surface area (TPSA) is 46.2 Å². The molecule has 0 aromatic heterocycles. The van der Waals surface area contributed by atoms with Gasteiger partial charge in [-0.3, -0.25) is 0 Å². The second-order valence-corrected chi connectivity index (χ2v) is 4.14. The lowest BCUT2D eigenvalue weighted by Gasteiger charge is -2.18. The molecule has 0 spiro atoms. The normalized spacial score (nSPS) is 20.6. The van der Waals surface area contributed by atoms with Gasteiger partial charge in [-0.2, -0.15) is 0 Å². The Balaban J connectivity index is 2.28. The van der Waals surface area contributed by atoms with Crippen molar-refractivity contribution < 1.29 is 9.50 Å². The van der Waals surface area contributed by atoms with Gasteiger partial charge in [-0.05, 0) is 37.0 Å². The summed E-state index contributed by atoms with van der Waals surface area (Å²) in [6, 6.07) is 4.63. The van der Waals surface area contributed by atoms with E-state index in [1.165, 1.54) is 6.07 Å². The van der Waals surface area contributed by atoms with Gasteiger partial charge in [0, 0.05) is 5.54 Å². The second-order valence-electron chi connectivity index (χ2n) is 4.14. The Kier molecular flexibility index (Phi) is 2.09. The summed E-state index contributed by atoms with van der Waals surface area (Å²) >= 11 is 0. The zero-order valence-corrected chi connectivity index (χ0v) is 8.13. The summed E-state index contributed by atoms with van der Waals surface area (Å²) in [5.41, 5.74) is 6.66. The molecular formula is C11H14FNO. The standard InChI is InChI=1S/C11H14FNO/c1-7-6-8(2-3-9(7)12)10(14)11(13)4-5-11/h2-3,6,10,14H,4-5,13H2,1H3.